The number of aliphatic carboxylic acids is 1. The SMILES string of the molecule is CC[C@H](C)[C@H](NC(=O)CN1CCSC1=O)C(=O)O. The zero-order chi connectivity index (χ0) is 13.7. The maximum atomic E-state index is 11.7. The summed E-state index contributed by atoms with van der Waals surface area (Å²) in [4.78, 5) is 35.5. The van der Waals surface area contributed by atoms with Gasteiger partial charge in [-0.25, -0.2) is 4.79 Å². The number of nitrogens with zero attached hydrogens (tertiary/aromatic N) is 1. The van der Waals surface area contributed by atoms with Crippen LogP contribution in [0.5, 0.6) is 0 Å². The molecule has 1 aliphatic rings. The van der Waals surface area contributed by atoms with Crippen molar-refractivity contribution in [3.8, 4) is 0 Å². The van der Waals surface area contributed by atoms with Gasteiger partial charge in [-0.2, -0.15) is 0 Å². The van der Waals surface area contributed by atoms with Gasteiger partial charge in [0.25, 0.3) is 5.24 Å². The van der Waals surface area contributed by atoms with Crippen LogP contribution in [0.25, 0.3) is 0 Å². The number of thioether (sulfide) groups is 1. The third kappa shape index (κ3) is 3.90. The van der Waals surface area contributed by atoms with Crippen LogP contribution in [-0.2, 0) is 9.59 Å². The Morgan fingerprint density at radius 1 is 1.56 bits per heavy atom. The number of amides is 2. The fourth-order valence-electron chi connectivity index (χ4n) is 1.64. The summed E-state index contributed by atoms with van der Waals surface area (Å²) in [5.41, 5.74) is 0. The average molecular weight is 274 g/mol. The van der Waals surface area contributed by atoms with E-state index in [1.54, 1.807) is 6.92 Å². The van der Waals surface area contributed by atoms with Crippen molar-refractivity contribution in [2.24, 2.45) is 5.92 Å². The first-order valence-electron chi connectivity index (χ1n) is 5.89. The lowest BCUT2D eigenvalue weighted by Gasteiger charge is -2.21. The lowest BCUT2D eigenvalue weighted by atomic mass is 9.99. The summed E-state index contributed by atoms with van der Waals surface area (Å²) in [7, 11) is 0. The minimum absolute atomic E-state index is 0.0634. The molecule has 0 saturated carbocycles. The molecule has 0 aromatic carbocycles. The topological polar surface area (TPSA) is 86.7 Å². The highest BCUT2D eigenvalue weighted by Gasteiger charge is 2.28. The summed E-state index contributed by atoms with van der Waals surface area (Å²) in [5, 5.41) is 11.4. The van der Waals surface area contributed by atoms with E-state index in [4.69, 9.17) is 5.11 Å². The van der Waals surface area contributed by atoms with Crippen LogP contribution >= 0.6 is 11.8 Å². The van der Waals surface area contributed by atoms with Gasteiger partial charge in [0.2, 0.25) is 5.91 Å². The van der Waals surface area contributed by atoms with E-state index in [1.807, 2.05) is 6.92 Å². The summed E-state index contributed by atoms with van der Waals surface area (Å²) < 4.78 is 0. The van der Waals surface area contributed by atoms with Crippen LogP contribution in [0.4, 0.5) is 4.79 Å². The molecule has 1 fully saturated rings. The van der Waals surface area contributed by atoms with Gasteiger partial charge in [0.15, 0.2) is 0 Å². The zero-order valence-corrected chi connectivity index (χ0v) is 11.3. The molecule has 1 saturated heterocycles. The highest BCUT2D eigenvalue weighted by Crippen LogP contribution is 2.16. The molecule has 102 valence electrons. The molecule has 0 radical (unpaired) electrons. The van der Waals surface area contributed by atoms with Crippen LogP contribution in [0.1, 0.15) is 20.3 Å². The molecule has 18 heavy (non-hydrogen) atoms. The van der Waals surface area contributed by atoms with Crippen molar-refractivity contribution in [2.75, 3.05) is 18.8 Å². The number of nitrogens with one attached hydrogen (secondary N) is 1. The number of carbonyl (C=O) groups is 3. The molecule has 0 bridgehead atoms. The summed E-state index contributed by atoms with van der Waals surface area (Å²) in [6, 6.07) is -0.896. The fraction of sp³-hybridized carbons (Fsp3) is 0.727. The second-order valence-electron chi connectivity index (χ2n) is 4.30. The van der Waals surface area contributed by atoms with E-state index >= 15 is 0 Å². The van der Waals surface area contributed by atoms with Crippen molar-refractivity contribution in [1.82, 2.24) is 10.2 Å². The van der Waals surface area contributed by atoms with E-state index in [2.05, 4.69) is 5.32 Å². The lowest BCUT2D eigenvalue weighted by Crippen LogP contribution is -2.48. The van der Waals surface area contributed by atoms with Gasteiger partial charge in [-0.15, -0.1) is 0 Å². The van der Waals surface area contributed by atoms with E-state index < -0.39 is 17.9 Å². The van der Waals surface area contributed by atoms with Gasteiger partial charge < -0.3 is 15.3 Å². The molecule has 2 amide bonds. The summed E-state index contributed by atoms with van der Waals surface area (Å²) in [6.45, 7) is 4.12. The molecule has 1 aliphatic heterocycles. The molecule has 0 aromatic rings. The van der Waals surface area contributed by atoms with Crippen LogP contribution in [0, 0.1) is 5.92 Å². The van der Waals surface area contributed by atoms with Crippen LogP contribution < -0.4 is 5.32 Å². The molecule has 2 atom stereocenters. The standard InChI is InChI=1S/C11H18N2O4S/c1-3-7(2)9(10(15)16)12-8(14)6-13-4-5-18-11(13)17/h7,9H,3-6H2,1-2H3,(H,12,14)(H,15,16)/t7-,9-/m0/s1. The van der Waals surface area contributed by atoms with Gasteiger partial charge in [0.05, 0.1) is 0 Å². The quantitative estimate of drug-likeness (QED) is 0.747. The molecular formula is C11H18N2O4S. The first-order chi connectivity index (χ1) is 8.45. The molecule has 1 heterocycles. The van der Waals surface area contributed by atoms with Crippen molar-refractivity contribution in [3.05, 3.63) is 0 Å². The average Bonchev–Trinajstić information content (AvgIpc) is 2.70. The third-order valence-electron chi connectivity index (χ3n) is 2.97. The van der Waals surface area contributed by atoms with E-state index in [-0.39, 0.29) is 17.7 Å². The molecule has 6 nitrogen and oxygen atoms in total. The maximum Gasteiger partial charge on any atom is 0.326 e. The zero-order valence-electron chi connectivity index (χ0n) is 10.5. The molecule has 7 heteroatoms. The van der Waals surface area contributed by atoms with E-state index in [9.17, 15) is 14.4 Å². The molecule has 0 unspecified atom stereocenters. The molecule has 0 aliphatic carbocycles. The Morgan fingerprint density at radius 3 is 2.67 bits per heavy atom. The van der Waals surface area contributed by atoms with Crippen LogP contribution in [-0.4, -0.2) is 52.0 Å². The highest BCUT2D eigenvalue weighted by atomic mass is 32.2. The fourth-order valence-corrected chi connectivity index (χ4v) is 2.47. The summed E-state index contributed by atoms with van der Waals surface area (Å²) >= 11 is 1.17. The van der Waals surface area contributed by atoms with E-state index in [0.29, 0.717) is 18.7 Å². The van der Waals surface area contributed by atoms with Crippen LogP contribution in [0.15, 0.2) is 0 Å². The van der Waals surface area contributed by atoms with Crippen LogP contribution in [0.3, 0.4) is 0 Å². The Morgan fingerprint density at radius 2 is 2.22 bits per heavy atom. The molecule has 2 N–H and O–H groups in total. The Labute approximate surface area is 110 Å². The van der Waals surface area contributed by atoms with Gasteiger partial charge in [0.1, 0.15) is 12.6 Å². The Hall–Kier alpha value is -1.24. The number of hydrogen-bond donors (Lipinski definition) is 2. The monoisotopic (exact) mass is 274 g/mol. The van der Waals surface area contributed by atoms with Gasteiger partial charge in [0, 0.05) is 12.3 Å². The number of hydrogen-bond acceptors (Lipinski definition) is 4. The molecule has 0 spiro atoms. The van der Waals surface area contributed by atoms with Crippen molar-refractivity contribution < 1.29 is 19.5 Å². The summed E-state index contributed by atoms with van der Waals surface area (Å²) in [5.74, 6) is -0.923. The Balaban J connectivity index is 2.51. The number of carbonyl (C=O) groups excluding carboxylic acids is 2. The van der Waals surface area contributed by atoms with Gasteiger partial charge in [-0.05, 0) is 5.92 Å². The lowest BCUT2D eigenvalue weighted by molar-refractivity contribution is -0.143. The minimum Gasteiger partial charge on any atom is -0.480 e. The number of rotatable bonds is 6. The number of carboxylic acid groups (broad SMARTS) is 1. The maximum absolute atomic E-state index is 11.7. The normalized spacial score (nSPS) is 18.6. The first kappa shape index (κ1) is 14.8. The van der Waals surface area contributed by atoms with Crippen LogP contribution in [0.2, 0.25) is 0 Å². The predicted octanol–water partition coefficient (Wildman–Crippen LogP) is 0.771. The summed E-state index contributed by atoms with van der Waals surface area (Å²) in [6.07, 6.45) is 0.662. The van der Waals surface area contributed by atoms with Gasteiger partial charge >= 0.3 is 5.97 Å². The van der Waals surface area contributed by atoms with Gasteiger partial charge in [-0.3, -0.25) is 9.59 Å². The Kier molecular flexibility index (Phi) is 5.46. The van der Waals surface area contributed by atoms with Gasteiger partial charge in [-0.1, -0.05) is 32.0 Å². The molecular weight excluding hydrogens is 256 g/mol. The second-order valence-corrected chi connectivity index (χ2v) is 5.35. The second kappa shape index (κ2) is 6.63. The van der Waals surface area contributed by atoms with Crippen molar-refractivity contribution in [2.45, 2.75) is 26.3 Å². The van der Waals surface area contributed by atoms with Crippen molar-refractivity contribution in [1.29, 1.82) is 0 Å². The minimum atomic E-state index is -1.04. The highest BCUT2D eigenvalue weighted by molar-refractivity contribution is 8.13. The van der Waals surface area contributed by atoms with Crippen molar-refractivity contribution in [3.63, 3.8) is 0 Å². The van der Waals surface area contributed by atoms with Crippen molar-refractivity contribution >= 4 is 28.9 Å². The third-order valence-corrected chi connectivity index (χ3v) is 3.87. The predicted molar refractivity (Wildman–Crippen MR) is 68.4 cm³/mol. The molecule has 1 rings (SSSR count). The van der Waals surface area contributed by atoms with E-state index in [0.717, 1.165) is 0 Å². The molecule has 0 aromatic heterocycles. The van der Waals surface area contributed by atoms with E-state index in [1.165, 1.54) is 16.7 Å². The smallest absolute Gasteiger partial charge is 0.326 e. The largest absolute Gasteiger partial charge is 0.480 e. The Bertz CT molecular complexity index is 348. The first-order valence-corrected chi connectivity index (χ1v) is 6.88. The number of carboxylic acids is 1.